The van der Waals surface area contributed by atoms with Crippen molar-refractivity contribution in [1.29, 1.82) is 0 Å². The Morgan fingerprint density at radius 2 is 1.96 bits per heavy atom. The second-order valence-electron chi connectivity index (χ2n) is 6.04. The monoisotopic (exact) mass is 340 g/mol. The highest BCUT2D eigenvalue weighted by Gasteiger charge is 2.38. The Labute approximate surface area is 135 Å². The number of fused-ring (bicyclic) bond motifs is 1. The molecule has 0 N–H and O–H groups in total. The number of morpholine rings is 1. The fourth-order valence-electron chi connectivity index (χ4n) is 2.86. The van der Waals surface area contributed by atoms with E-state index in [1.54, 1.807) is 4.90 Å². The molecular weight excluding hydrogens is 325 g/mol. The molecule has 0 unspecified atom stereocenters. The number of amides is 1. The summed E-state index contributed by atoms with van der Waals surface area (Å²) in [5, 5.41) is 3.78. The van der Waals surface area contributed by atoms with Gasteiger partial charge in [-0.2, -0.15) is 18.3 Å². The zero-order valence-electron chi connectivity index (χ0n) is 12.7. The van der Waals surface area contributed by atoms with Crippen LogP contribution in [-0.2, 0) is 10.9 Å². The second-order valence-corrected chi connectivity index (χ2v) is 6.04. The molecule has 4 rings (SSSR count). The van der Waals surface area contributed by atoms with Gasteiger partial charge < -0.3 is 9.64 Å². The van der Waals surface area contributed by atoms with Crippen molar-refractivity contribution in [3.8, 4) is 0 Å². The quantitative estimate of drug-likeness (QED) is 0.840. The lowest BCUT2D eigenvalue weighted by molar-refractivity contribution is -0.142. The van der Waals surface area contributed by atoms with E-state index in [1.165, 1.54) is 6.20 Å². The molecule has 0 bridgehead atoms. The lowest BCUT2D eigenvalue weighted by atomic mass is 10.2. The van der Waals surface area contributed by atoms with Crippen molar-refractivity contribution >= 4 is 11.6 Å². The normalized spacial score (nSPS) is 19.0. The van der Waals surface area contributed by atoms with Gasteiger partial charge in [0, 0.05) is 24.7 Å². The molecule has 2 aliphatic rings. The molecule has 24 heavy (non-hydrogen) atoms. The summed E-state index contributed by atoms with van der Waals surface area (Å²) in [4.78, 5) is 18.5. The molecule has 0 spiro atoms. The maximum Gasteiger partial charge on any atom is 0.433 e. The average Bonchev–Trinajstić information content (AvgIpc) is 3.33. The summed E-state index contributed by atoms with van der Waals surface area (Å²) in [6.07, 6.45) is -1.75. The van der Waals surface area contributed by atoms with Crippen LogP contribution in [0.4, 0.5) is 13.2 Å². The summed E-state index contributed by atoms with van der Waals surface area (Å²) >= 11 is 0. The molecule has 3 heterocycles. The number of hydrogen-bond acceptors (Lipinski definition) is 4. The highest BCUT2D eigenvalue weighted by molar-refractivity contribution is 5.99. The third-order valence-electron chi connectivity index (χ3n) is 4.31. The number of nitrogens with zero attached hydrogens (tertiary/aromatic N) is 4. The summed E-state index contributed by atoms with van der Waals surface area (Å²) in [6.45, 7) is 1.65. The molecule has 1 amide bonds. The van der Waals surface area contributed by atoms with Crippen LogP contribution in [-0.4, -0.2) is 51.7 Å². The van der Waals surface area contributed by atoms with E-state index >= 15 is 0 Å². The van der Waals surface area contributed by atoms with Crippen LogP contribution in [0, 0.1) is 0 Å². The largest absolute Gasteiger partial charge is 0.433 e. The summed E-state index contributed by atoms with van der Waals surface area (Å²) < 4.78 is 46.0. The third-order valence-corrected chi connectivity index (χ3v) is 4.31. The van der Waals surface area contributed by atoms with Gasteiger partial charge >= 0.3 is 6.18 Å². The minimum absolute atomic E-state index is 0.0248. The summed E-state index contributed by atoms with van der Waals surface area (Å²) in [7, 11) is 0. The Morgan fingerprint density at radius 1 is 1.25 bits per heavy atom. The molecule has 0 radical (unpaired) electrons. The standard InChI is InChI=1S/C15H15F3N4O2/c16-15(17,18)12-7-11(9-1-2-9)20-13-10(8-19-22(12)13)14(23)21-3-5-24-6-4-21/h7-9H,1-6H2. The van der Waals surface area contributed by atoms with E-state index in [0.717, 1.165) is 23.4 Å². The Balaban J connectivity index is 1.82. The van der Waals surface area contributed by atoms with Gasteiger partial charge in [-0.1, -0.05) is 0 Å². The summed E-state index contributed by atoms with van der Waals surface area (Å²) in [5.41, 5.74) is -0.435. The number of ether oxygens (including phenoxy) is 1. The molecule has 0 aromatic carbocycles. The van der Waals surface area contributed by atoms with Crippen molar-refractivity contribution in [3.63, 3.8) is 0 Å². The number of carbonyl (C=O) groups is 1. The van der Waals surface area contributed by atoms with Crippen LogP contribution in [0.3, 0.4) is 0 Å². The Kier molecular flexibility index (Phi) is 3.48. The molecule has 128 valence electrons. The fraction of sp³-hybridized carbons (Fsp3) is 0.533. The summed E-state index contributed by atoms with van der Waals surface area (Å²) in [6, 6.07) is 1.04. The van der Waals surface area contributed by atoms with Gasteiger partial charge in [-0.05, 0) is 18.9 Å². The van der Waals surface area contributed by atoms with E-state index in [1.807, 2.05) is 0 Å². The smallest absolute Gasteiger partial charge is 0.378 e. The third kappa shape index (κ3) is 2.62. The Hall–Kier alpha value is -2.16. The maximum atomic E-state index is 13.3. The highest BCUT2D eigenvalue weighted by Crippen LogP contribution is 2.41. The first-order valence-corrected chi connectivity index (χ1v) is 7.78. The molecule has 2 fully saturated rings. The van der Waals surface area contributed by atoms with Crippen LogP contribution in [0.15, 0.2) is 12.3 Å². The van der Waals surface area contributed by atoms with Crippen molar-refractivity contribution in [2.45, 2.75) is 24.9 Å². The van der Waals surface area contributed by atoms with Crippen molar-refractivity contribution in [2.24, 2.45) is 0 Å². The van der Waals surface area contributed by atoms with Crippen molar-refractivity contribution in [3.05, 3.63) is 29.2 Å². The van der Waals surface area contributed by atoms with Crippen LogP contribution < -0.4 is 0 Å². The molecule has 1 saturated carbocycles. The van der Waals surface area contributed by atoms with Gasteiger partial charge in [0.15, 0.2) is 5.65 Å². The second kappa shape index (κ2) is 5.44. The molecule has 1 aliphatic heterocycles. The average molecular weight is 340 g/mol. The van der Waals surface area contributed by atoms with E-state index in [4.69, 9.17) is 4.74 Å². The molecule has 2 aromatic rings. The van der Waals surface area contributed by atoms with Gasteiger partial charge in [0.1, 0.15) is 11.3 Å². The Bertz CT molecular complexity index is 792. The zero-order valence-corrected chi connectivity index (χ0v) is 12.7. The van der Waals surface area contributed by atoms with E-state index in [9.17, 15) is 18.0 Å². The van der Waals surface area contributed by atoms with Crippen molar-refractivity contribution < 1.29 is 22.7 Å². The lowest BCUT2D eigenvalue weighted by Crippen LogP contribution is -2.40. The van der Waals surface area contributed by atoms with Crippen LogP contribution in [0.1, 0.15) is 40.5 Å². The summed E-state index contributed by atoms with van der Waals surface area (Å²) in [5.74, 6) is -0.320. The molecule has 1 aliphatic carbocycles. The first-order valence-electron chi connectivity index (χ1n) is 7.78. The molecule has 2 aromatic heterocycles. The number of rotatable bonds is 2. The van der Waals surface area contributed by atoms with Crippen LogP contribution in [0.2, 0.25) is 0 Å². The predicted molar refractivity (Wildman–Crippen MR) is 76.7 cm³/mol. The predicted octanol–water partition coefficient (Wildman–Crippen LogP) is 2.10. The van der Waals surface area contributed by atoms with Gasteiger partial charge in [-0.15, -0.1) is 0 Å². The van der Waals surface area contributed by atoms with E-state index in [2.05, 4.69) is 10.1 Å². The Morgan fingerprint density at radius 3 is 2.58 bits per heavy atom. The van der Waals surface area contributed by atoms with Gasteiger partial charge in [0.05, 0.1) is 19.4 Å². The molecule has 9 heteroatoms. The first-order chi connectivity index (χ1) is 11.4. The van der Waals surface area contributed by atoms with Crippen molar-refractivity contribution in [1.82, 2.24) is 19.5 Å². The molecular formula is C15H15F3N4O2. The number of hydrogen-bond donors (Lipinski definition) is 0. The van der Waals surface area contributed by atoms with Crippen LogP contribution in [0.25, 0.3) is 5.65 Å². The lowest BCUT2D eigenvalue weighted by Gasteiger charge is -2.26. The number of halogens is 3. The van der Waals surface area contributed by atoms with Gasteiger partial charge in [-0.3, -0.25) is 4.79 Å². The molecule has 6 nitrogen and oxygen atoms in total. The van der Waals surface area contributed by atoms with E-state index in [-0.39, 0.29) is 23.0 Å². The highest BCUT2D eigenvalue weighted by atomic mass is 19.4. The zero-order chi connectivity index (χ0) is 16.9. The van der Waals surface area contributed by atoms with Gasteiger partial charge in [0.25, 0.3) is 5.91 Å². The number of alkyl halides is 3. The maximum absolute atomic E-state index is 13.3. The van der Waals surface area contributed by atoms with Gasteiger partial charge in [-0.25, -0.2) is 9.50 Å². The van der Waals surface area contributed by atoms with Crippen LogP contribution in [0.5, 0.6) is 0 Å². The van der Waals surface area contributed by atoms with E-state index < -0.39 is 11.9 Å². The number of aromatic nitrogens is 3. The van der Waals surface area contributed by atoms with Gasteiger partial charge in [0.2, 0.25) is 0 Å². The molecule has 1 saturated heterocycles. The minimum Gasteiger partial charge on any atom is -0.378 e. The SMILES string of the molecule is O=C(c1cnn2c(C(F)(F)F)cc(C3CC3)nc12)N1CCOCC1. The topological polar surface area (TPSA) is 59.7 Å². The van der Waals surface area contributed by atoms with E-state index in [0.29, 0.717) is 32.0 Å². The fourth-order valence-corrected chi connectivity index (χ4v) is 2.86. The van der Waals surface area contributed by atoms with Crippen LogP contribution >= 0.6 is 0 Å². The molecule has 0 atom stereocenters. The first kappa shape index (κ1) is 15.4. The van der Waals surface area contributed by atoms with Crippen molar-refractivity contribution in [2.75, 3.05) is 26.3 Å². The minimum atomic E-state index is -4.56. The number of carbonyl (C=O) groups excluding carboxylic acids is 1.